The molecule has 0 atom stereocenters. The lowest BCUT2D eigenvalue weighted by Gasteiger charge is -2.02. The molecule has 0 radical (unpaired) electrons. The van der Waals surface area contributed by atoms with Gasteiger partial charge in [-0.15, -0.1) is 0 Å². The Morgan fingerprint density at radius 2 is 2.06 bits per heavy atom. The van der Waals surface area contributed by atoms with Gasteiger partial charge in [0, 0.05) is 11.3 Å². The van der Waals surface area contributed by atoms with Crippen LogP contribution in [0.25, 0.3) is 11.3 Å². The first-order valence-corrected chi connectivity index (χ1v) is 5.08. The lowest BCUT2D eigenvalue weighted by Crippen LogP contribution is -1.90. The number of halogens is 1. The summed E-state index contributed by atoms with van der Waals surface area (Å²) in [5.74, 6) is 0. The standard InChI is InChI=1S/C12H8ClN3/c1-8-5-11(16-12(13)15-8)10-4-2-3-9(6-10)7-14/h2-6H,1H3. The second-order valence-electron chi connectivity index (χ2n) is 3.36. The summed E-state index contributed by atoms with van der Waals surface area (Å²) in [6, 6.07) is 11.2. The Balaban J connectivity index is 2.54. The van der Waals surface area contributed by atoms with Crippen LogP contribution in [-0.4, -0.2) is 9.97 Å². The van der Waals surface area contributed by atoms with Gasteiger partial charge in [-0.1, -0.05) is 12.1 Å². The predicted octanol–water partition coefficient (Wildman–Crippen LogP) is 2.98. The van der Waals surface area contributed by atoms with Gasteiger partial charge in [0.05, 0.1) is 17.3 Å². The van der Waals surface area contributed by atoms with E-state index in [1.54, 1.807) is 12.1 Å². The summed E-state index contributed by atoms with van der Waals surface area (Å²) >= 11 is 5.79. The summed E-state index contributed by atoms with van der Waals surface area (Å²) in [5.41, 5.74) is 3.00. The van der Waals surface area contributed by atoms with E-state index < -0.39 is 0 Å². The smallest absolute Gasteiger partial charge is 0.223 e. The Labute approximate surface area is 98.4 Å². The molecule has 0 saturated heterocycles. The molecule has 0 saturated carbocycles. The van der Waals surface area contributed by atoms with Crippen molar-refractivity contribution in [3.63, 3.8) is 0 Å². The molecule has 0 aliphatic heterocycles. The zero-order valence-corrected chi connectivity index (χ0v) is 9.36. The Kier molecular flexibility index (Phi) is 2.84. The van der Waals surface area contributed by atoms with Crippen molar-refractivity contribution < 1.29 is 0 Å². The van der Waals surface area contributed by atoms with Crippen LogP contribution in [0.1, 0.15) is 11.3 Å². The van der Waals surface area contributed by atoms with E-state index in [1.807, 2.05) is 25.1 Å². The van der Waals surface area contributed by atoms with Gasteiger partial charge in [-0.05, 0) is 36.7 Å². The van der Waals surface area contributed by atoms with Crippen molar-refractivity contribution in [1.29, 1.82) is 5.26 Å². The molecular formula is C12H8ClN3. The number of hydrogen-bond acceptors (Lipinski definition) is 3. The van der Waals surface area contributed by atoms with Gasteiger partial charge >= 0.3 is 0 Å². The number of hydrogen-bond donors (Lipinski definition) is 0. The molecule has 0 aliphatic carbocycles. The fraction of sp³-hybridized carbons (Fsp3) is 0.0833. The summed E-state index contributed by atoms with van der Waals surface area (Å²) in [4.78, 5) is 8.12. The highest BCUT2D eigenvalue weighted by Gasteiger charge is 2.03. The molecule has 0 fully saturated rings. The normalized spacial score (nSPS) is 9.81. The second kappa shape index (κ2) is 4.30. The maximum atomic E-state index is 8.81. The van der Waals surface area contributed by atoms with Crippen molar-refractivity contribution in [1.82, 2.24) is 9.97 Å². The lowest BCUT2D eigenvalue weighted by atomic mass is 10.1. The predicted molar refractivity (Wildman–Crippen MR) is 61.9 cm³/mol. The van der Waals surface area contributed by atoms with E-state index in [4.69, 9.17) is 16.9 Å². The summed E-state index contributed by atoms with van der Waals surface area (Å²) in [5, 5.41) is 9.03. The Bertz CT molecular complexity index is 552. The number of aromatic nitrogens is 2. The van der Waals surface area contributed by atoms with Crippen molar-refractivity contribution in [2.75, 3.05) is 0 Å². The number of nitrogens with zero attached hydrogens (tertiary/aromatic N) is 3. The number of benzene rings is 1. The van der Waals surface area contributed by atoms with Crippen LogP contribution in [0.5, 0.6) is 0 Å². The quantitative estimate of drug-likeness (QED) is 0.707. The van der Waals surface area contributed by atoms with Crippen LogP contribution >= 0.6 is 11.6 Å². The van der Waals surface area contributed by atoms with Gasteiger partial charge in [-0.25, -0.2) is 9.97 Å². The van der Waals surface area contributed by atoms with Gasteiger partial charge in [0.2, 0.25) is 5.28 Å². The van der Waals surface area contributed by atoms with Crippen LogP contribution in [0.4, 0.5) is 0 Å². The fourth-order valence-corrected chi connectivity index (χ4v) is 1.65. The highest BCUT2D eigenvalue weighted by molar-refractivity contribution is 6.28. The van der Waals surface area contributed by atoms with Crippen molar-refractivity contribution in [3.8, 4) is 17.3 Å². The molecular weight excluding hydrogens is 222 g/mol. The van der Waals surface area contributed by atoms with E-state index in [0.29, 0.717) is 5.56 Å². The molecule has 2 rings (SSSR count). The van der Waals surface area contributed by atoms with Crippen LogP contribution in [0.2, 0.25) is 5.28 Å². The number of nitriles is 1. The topological polar surface area (TPSA) is 49.6 Å². The zero-order valence-electron chi connectivity index (χ0n) is 8.61. The summed E-state index contributed by atoms with van der Waals surface area (Å²) in [6.07, 6.45) is 0. The minimum Gasteiger partial charge on any atom is -0.223 e. The van der Waals surface area contributed by atoms with E-state index in [0.717, 1.165) is 17.0 Å². The number of rotatable bonds is 1. The highest BCUT2D eigenvalue weighted by Crippen LogP contribution is 2.20. The van der Waals surface area contributed by atoms with Gasteiger partial charge < -0.3 is 0 Å². The van der Waals surface area contributed by atoms with E-state index in [1.165, 1.54) is 0 Å². The molecule has 0 unspecified atom stereocenters. The largest absolute Gasteiger partial charge is 0.223 e. The molecule has 1 heterocycles. The molecule has 0 spiro atoms. The third kappa shape index (κ3) is 2.18. The van der Waals surface area contributed by atoms with Crippen molar-refractivity contribution in [2.45, 2.75) is 6.92 Å². The molecule has 2 aromatic rings. The maximum absolute atomic E-state index is 8.81. The fourth-order valence-electron chi connectivity index (χ4n) is 1.43. The maximum Gasteiger partial charge on any atom is 0.223 e. The van der Waals surface area contributed by atoms with Crippen LogP contribution < -0.4 is 0 Å². The van der Waals surface area contributed by atoms with Crippen LogP contribution in [0.3, 0.4) is 0 Å². The Hall–Kier alpha value is -1.92. The average molecular weight is 230 g/mol. The number of aryl methyl sites for hydroxylation is 1. The molecule has 0 aliphatic rings. The molecule has 1 aromatic heterocycles. The first-order chi connectivity index (χ1) is 7.69. The van der Waals surface area contributed by atoms with Crippen molar-refractivity contribution in [3.05, 3.63) is 46.9 Å². The van der Waals surface area contributed by atoms with Gasteiger partial charge in [-0.3, -0.25) is 0 Å². The minimum atomic E-state index is 0.220. The summed E-state index contributed by atoms with van der Waals surface area (Å²) in [6.45, 7) is 1.85. The molecule has 0 amide bonds. The van der Waals surface area contributed by atoms with Gasteiger partial charge in [-0.2, -0.15) is 5.26 Å². The van der Waals surface area contributed by atoms with E-state index in [-0.39, 0.29) is 5.28 Å². The molecule has 0 N–H and O–H groups in total. The first kappa shape index (κ1) is 10.6. The molecule has 1 aromatic carbocycles. The van der Waals surface area contributed by atoms with Gasteiger partial charge in [0.1, 0.15) is 0 Å². The van der Waals surface area contributed by atoms with E-state index >= 15 is 0 Å². The van der Waals surface area contributed by atoms with Gasteiger partial charge in [0.25, 0.3) is 0 Å². The molecule has 16 heavy (non-hydrogen) atoms. The average Bonchev–Trinajstić information content (AvgIpc) is 2.28. The lowest BCUT2D eigenvalue weighted by molar-refractivity contribution is 1.11. The minimum absolute atomic E-state index is 0.220. The summed E-state index contributed by atoms with van der Waals surface area (Å²) < 4.78 is 0. The first-order valence-electron chi connectivity index (χ1n) is 4.71. The summed E-state index contributed by atoms with van der Waals surface area (Å²) in [7, 11) is 0. The van der Waals surface area contributed by atoms with Crippen LogP contribution in [0, 0.1) is 18.3 Å². The highest BCUT2D eigenvalue weighted by atomic mass is 35.5. The second-order valence-corrected chi connectivity index (χ2v) is 3.69. The SMILES string of the molecule is Cc1cc(-c2cccc(C#N)c2)nc(Cl)n1. The zero-order chi connectivity index (χ0) is 11.5. The van der Waals surface area contributed by atoms with Crippen molar-refractivity contribution >= 4 is 11.6 Å². The molecule has 4 heteroatoms. The monoisotopic (exact) mass is 229 g/mol. The Morgan fingerprint density at radius 1 is 1.25 bits per heavy atom. The van der Waals surface area contributed by atoms with Gasteiger partial charge in [0.15, 0.2) is 0 Å². The molecule has 0 bridgehead atoms. The van der Waals surface area contributed by atoms with Crippen molar-refractivity contribution in [2.24, 2.45) is 0 Å². The Morgan fingerprint density at radius 3 is 2.75 bits per heavy atom. The molecule has 78 valence electrons. The van der Waals surface area contributed by atoms with Crippen LogP contribution in [0.15, 0.2) is 30.3 Å². The van der Waals surface area contributed by atoms with Crippen LogP contribution in [-0.2, 0) is 0 Å². The third-order valence-corrected chi connectivity index (χ3v) is 2.28. The third-order valence-electron chi connectivity index (χ3n) is 2.11. The molecule has 3 nitrogen and oxygen atoms in total. The van der Waals surface area contributed by atoms with E-state index in [2.05, 4.69) is 16.0 Å². The van der Waals surface area contributed by atoms with E-state index in [9.17, 15) is 0 Å².